The van der Waals surface area contributed by atoms with E-state index < -0.39 is 0 Å². The lowest BCUT2D eigenvalue weighted by Gasteiger charge is -2.16. The van der Waals surface area contributed by atoms with Crippen molar-refractivity contribution in [2.75, 3.05) is 28.6 Å². The summed E-state index contributed by atoms with van der Waals surface area (Å²) in [7, 11) is 0. The van der Waals surface area contributed by atoms with Crippen LogP contribution in [0.2, 0.25) is 0 Å². The number of hydrogen-bond donors (Lipinski definition) is 2. The third-order valence-corrected chi connectivity index (χ3v) is 4.10. The summed E-state index contributed by atoms with van der Waals surface area (Å²) in [5.74, 6) is -0.529. The van der Waals surface area contributed by atoms with E-state index in [1.165, 1.54) is 6.07 Å². The smallest absolute Gasteiger partial charge is 0.243 e. The van der Waals surface area contributed by atoms with Crippen LogP contribution >= 0.6 is 0 Å². The molecule has 1 aliphatic rings. The number of rotatable bonds is 5. The summed E-state index contributed by atoms with van der Waals surface area (Å²) in [5, 5.41) is 5.53. The predicted octanol–water partition coefficient (Wildman–Crippen LogP) is 3.31. The molecule has 3 rings (SSSR count). The number of carbonyl (C=O) groups is 2. The van der Waals surface area contributed by atoms with E-state index in [-0.39, 0.29) is 24.2 Å². The Hall–Kier alpha value is -2.89. The zero-order chi connectivity index (χ0) is 17.8. The number of nitrogens with one attached hydrogen (secondary N) is 2. The highest BCUT2D eigenvalue weighted by atomic mass is 19.1. The third-order valence-electron chi connectivity index (χ3n) is 4.10. The molecule has 130 valence electrons. The van der Waals surface area contributed by atoms with E-state index in [9.17, 15) is 14.0 Å². The lowest BCUT2D eigenvalue weighted by molar-refractivity contribution is -0.117. The van der Waals surface area contributed by atoms with Crippen molar-refractivity contribution in [1.29, 1.82) is 0 Å². The average Bonchev–Trinajstić information content (AvgIpc) is 3.01. The zero-order valence-electron chi connectivity index (χ0n) is 14.0. The Morgan fingerprint density at radius 3 is 2.60 bits per heavy atom. The summed E-state index contributed by atoms with van der Waals surface area (Å²) in [6.45, 7) is 2.50. The Bertz CT molecular complexity index is 790. The summed E-state index contributed by atoms with van der Waals surface area (Å²) >= 11 is 0. The van der Waals surface area contributed by atoms with Gasteiger partial charge in [0.15, 0.2) is 0 Å². The maximum Gasteiger partial charge on any atom is 0.243 e. The van der Waals surface area contributed by atoms with Gasteiger partial charge in [-0.15, -0.1) is 0 Å². The highest BCUT2D eigenvalue weighted by Crippen LogP contribution is 2.23. The van der Waals surface area contributed by atoms with Gasteiger partial charge >= 0.3 is 0 Å². The second-order valence-corrected chi connectivity index (χ2v) is 6.08. The van der Waals surface area contributed by atoms with Gasteiger partial charge in [-0.2, -0.15) is 0 Å². The number of carbonyl (C=O) groups excluding carboxylic acids is 2. The summed E-state index contributed by atoms with van der Waals surface area (Å²) in [4.78, 5) is 25.5. The first-order valence-electron chi connectivity index (χ1n) is 8.23. The van der Waals surface area contributed by atoms with Gasteiger partial charge < -0.3 is 15.5 Å². The average molecular weight is 341 g/mol. The molecule has 1 aliphatic heterocycles. The van der Waals surface area contributed by atoms with E-state index in [0.29, 0.717) is 17.8 Å². The van der Waals surface area contributed by atoms with Crippen molar-refractivity contribution in [1.82, 2.24) is 0 Å². The van der Waals surface area contributed by atoms with Crippen LogP contribution in [0.1, 0.15) is 18.4 Å². The number of anilines is 3. The molecule has 2 N–H and O–H groups in total. The predicted molar refractivity (Wildman–Crippen MR) is 96.3 cm³/mol. The summed E-state index contributed by atoms with van der Waals surface area (Å²) < 4.78 is 13.7. The first kappa shape index (κ1) is 17.0. The molecular weight excluding hydrogens is 321 g/mol. The highest BCUT2D eigenvalue weighted by molar-refractivity contribution is 5.96. The minimum Gasteiger partial charge on any atom is -0.374 e. The van der Waals surface area contributed by atoms with Crippen molar-refractivity contribution in [3.8, 4) is 0 Å². The summed E-state index contributed by atoms with van der Waals surface area (Å²) in [6, 6.07) is 11.9. The Labute approximate surface area is 145 Å². The molecule has 6 heteroatoms. The van der Waals surface area contributed by atoms with Crippen LogP contribution in [-0.4, -0.2) is 24.9 Å². The molecule has 5 nitrogen and oxygen atoms in total. The lowest BCUT2D eigenvalue weighted by atomic mass is 10.2. The van der Waals surface area contributed by atoms with E-state index in [4.69, 9.17) is 0 Å². The zero-order valence-corrected chi connectivity index (χ0v) is 14.0. The second-order valence-electron chi connectivity index (χ2n) is 6.08. The minimum absolute atomic E-state index is 0.0354. The Balaban J connectivity index is 1.55. The molecule has 2 aromatic rings. The second kappa shape index (κ2) is 7.34. The van der Waals surface area contributed by atoms with E-state index in [1.54, 1.807) is 36.1 Å². The number of hydrogen-bond acceptors (Lipinski definition) is 3. The molecule has 2 aromatic carbocycles. The molecule has 25 heavy (non-hydrogen) atoms. The first-order valence-corrected chi connectivity index (χ1v) is 8.23. The van der Waals surface area contributed by atoms with Gasteiger partial charge in [0.2, 0.25) is 11.8 Å². The van der Waals surface area contributed by atoms with Crippen molar-refractivity contribution in [2.45, 2.75) is 19.8 Å². The van der Waals surface area contributed by atoms with Crippen LogP contribution in [-0.2, 0) is 9.59 Å². The SMILES string of the molecule is Cc1ccc(NCC(=O)Nc2ccc(N3CCCC3=O)cc2)c(F)c1. The topological polar surface area (TPSA) is 61.4 Å². The van der Waals surface area contributed by atoms with E-state index in [2.05, 4.69) is 10.6 Å². The fourth-order valence-corrected chi connectivity index (χ4v) is 2.79. The fraction of sp³-hybridized carbons (Fsp3) is 0.263. The van der Waals surface area contributed by atoms with Gasteiger partial charge in [-0.25, -0.2) is 4.39 Å². The van der Waals surface area contributed by atoms with E-state index >= 15 is 0 Å². The van der Waals surface area contributed by atoms with Gasteiger partial charge in [0.1, 0.15) is 5.82 Å². The first-order chi connectivity index (χ1) is 12.0. The summed E-state index contributed by atoms with van der Waals surface area (Å²) in [5.41, 5.74) is 2.58. The van der Waals surface area contributed by atoms with Crippen molar-refractivity contribution in [2.24, 2.45) is 0 Å². The van der Waals surface area contributed by atoms with Gasteiger partial charge in [0.25, 0.3) is 0 Å². The van der Waals surface area contributed by atoms with E-state index in [0.717, 1.165) is 24.2 Å². The molecule has 0 unspecified atom stereocenters. The Morgan fingerprint density at radius 2 is 1.96 bits per heavy atom. The van der Waals surface area contributed by atoms with Crippen molar-refractivity contribution in [3.63, 3.8) is 0 Å². The van der Waals surface area contributed by atoms with Crippen LogP contribution in [0.4, 0.5) is 21.5 Å². The van der Waals surface area contributed by atoms with Crippen LogP contribution in [0.3, 0.4) is 0 Å². The number of halogens is 1. The molecule has 0 bridgehead atoms. The van der Waals surface area contributed by atoms with Crippen molar-refractivity contribution < 1.29 is 14.0 Å². The molecule has 2 amide bonds. The molecule has 1 saturated heterocycles. The number of amides is 2. The Morgan fingerprint density at radius 1 is 1.20 bits per heavy atom. The van der Waals surface area contributed by atoms with Gasteiger partial charge in [-0.1, -0.05) is 6.07 Å². The quantitative estimate of drug-likeness (QED) is 0.877. The fourth-order valence-electron chi connectivity index (χ4n) is 2.79. The van der Waals surface area contributed by atoms with Gasteiger partial charge in [0.05, 0.1) is 12.2 Å². The molecule has 0 radical (unpaired) electrons. The maximum absolute atomic E-state index is 13.7. The molecule has 0 spiro atoms. The number of aryl methyl sites for hydroxylation is 1. The maximum atomic E-state index is 13.7. The molecule has 0 saturated carbocycles. The molecular formula is C19H20FN3O2. The van der Waals surface area contributed by atoms with Gasteiger partial charge in [-0.05, 0) is 55.3 Å². The largest absolute Gasteiger partial charge is 0.374 e. The van der Waals surface area contributed by atoms with Crippen LogP contribution in [0, 0.1) is 12.7 Å². The third kappa shape index (κ3) is 4.15. The van der Waals surface area contributed by atoms with Crippen LogP contribution < -0.4 is 15.5 Å². The standard InChI is InChI=1S/C19H20FN3O2/c1-13-4-9-17(16(20)11-13)21-12-18(24)22-14-5-7-15(8-6-14)23-10-2-3-19(23)25/h4-9,11,21H,2-3,10,12H2,1H3,(H,22,24). The molecule has 0 atom stereocenters. The van der Waals surface area contributed by atoms with E-state index in [1.807, 2.05) is 12.1 Å². The lowest BCUT2D eigenvalue weighted by Crippen LogP contribution is -2.24. The monoisotopic (exact) mass is 341 g/mol. The summed E-state index contributed by atoms with van der Waals surface area (Å²) in [6.07, 6.45) is 1.46. The van der Waals surface area contributed by atoms with Crippen LogP contribution in [0.5, 0.6) is 0 Å². The van der Waals surface area contributed by atoms with Gasteiger partial charge in [0, 0.05) is 24.3 Å². The molecule has 1 heterocycles. The molecule has 0 aromatic heterocycles. The van der Waals surface area contributed by atoms with Gasteiger partial charge in [-0.3, -0.25) is 9.59 Å². The number of nitrogens with zero attached hydrogens (tertiary/aromatic N) is 1. The normalized spacial score (nSPS) is 13.8. The highest BCUT2D eigenvalue weighted by Gasteiger charge is 2.21. The minimum atomic E-state index is -0.382. The molecule has 0 aliphatic carbocycles. The molecule has 1 fully saturated rings. The van der Waals surface area contributed by atoms with Crippen LogP contribution in [0.25, 0.3) is 0 Å². The Kier molecular flexibility index (Phi) is 4.97. The van der Waals surface area contributed by atoms with Crippen molar-refractivity contribution >= 4 is 28.9 Å². The van der Waals surface area contributed by atoms with Crippen LogP contribution in [0.15, 0.2) is 42.5 Å². The van der Waals surface area contributed by atoms with Crippen molar-refractivity contribution in [3.05, 3.63) is 53.8 Å². The number of benzene rings is 2.